The summed E-state index contributed by atoms with van der Waals surface area (Å²) in [5.41, 5.74) is 1.56. The second-order valence-corrected chi connectivity index (χ2v) is 7.79. The number of hydrogen-bond donors (Lipinski definition) is 3. The lowest BCUT2D eigenvalue weighted by Crippen LogP contribution is -2.53. The van der Waals surface area contributed by atoms with Gasteiger partial charge < -0.3 is 25.0 Å². The molecular weight excluding hydrogens is 331 g/mol. The van der Waals surface area contributed by atoms with E-state index in [0.717, 1.165) is 31.2 Å². The molecule has 1 aromatic carbocycles. The van der Waals surface area contributed by atoms with Crippen LogP contribution in [0.1, 0.15) is 43.2 Å². The molecule has 1 aliphatic carbocycles. The van der Waals surface area contributed by atoms with Crippen molar-refractivity contribution in [3.8, 4) is 5.75 Å². The van der Waals surface area contributed by atoms with E-state index in [2.05, 4.69) is 24.3 Å². The van der Waals surface area contributed by atoms with E-state index in [-0.39, 0.29) is 12.5 Å². The third-order valence-electron chi connectivity index (χ3n) is 5.74. The van der Waals surface area contributed by atoms with Crippen molar-refractivity contribution in [3.05, 3.63) is 29.3 Å². The Morgan fingerprint density at radius 2 is 2.04 bits per heavy atom. The summed E-state index contributed by atoms with van der Waals surface area (Å²) >= 11 is 0. The van der Waals surface area contributed by atoms with Crippen molar-refractivity contribution in [1.29, 1.82) is 0 Å². The number of benzene rings is 1. The van der Waals surface area contributed by atoms with E-state index in [0.29, 0.717) is 36.1 Å². The van der Waals surface area contributed by atoms with Gasteiger partial charge in [-0.25, -0.2) is 0 Å². The van der Waals surface area contributed by atoms with Crippen LogP contribution in [0.25, 0.3) is 0 Å². The molecule has 0 aromatic heterocycles. The Kier molecular flexibility index (Phi) is 6.22. The van der Waals surface area contributed by atoms with Crippen molar-refractivity contribution < 1.29 is 19.6 Å². The average molecular weight is 360 g/mol. The lowest BCUT2D eigenvalue weighted by atomic mass is 9.72. The summed E-state index contributed by atoms with van der Waals surface area (Å²) in [7, 11) is 3.13. The first-order valence-corrected chi connectivity index (χ1v) is 9.50. The summed E-state index contributed by atoms with van der Waals surface area (Å²) < 4.78 is 5.57. The van der Waals surface area contributed by atoms with E-state index in [4.69, 9.17) is 4.65 Å². The summed E-state index contributed by atoms with van der Waals surface area (Å²) in [6.07, 6.45) is 5.43. The Morgan fingerprint density at radius 1 is 1.31 bits per heavy atom. The lowest BCUT2D eigenvalue weighted by Gasteiger charge is -2.33. The van der Waals surface area contributed by atoms with Gasteiger partial charge in [-0.15, -0.1) is 0 Å². The van der Waals surface area contributed by atoms with Gasteiger partial charge in [-0.3, -0.25) is 4.79 Å². The van der Waals surface area contributed by atoms with E-state index in [1.807, 2.05) is 12.1 Å². The van der Waals surface area contributed by atoms with Crippen LogP contribution < -0.4 is 9.97 Å². The average Bonchev–Trinajstić information content (AvgIpc) is 2.62. The monoisotopic (exact) mass is 360 g/mol. The predicted octanol–water partition coefficient (Wildman–Crippen LogP) is 1.13. The number of amides is 1. The highest BCUT2D eigenvalue weighted by Gasteiger charge is 2.37. The molecule has 0 radical (unpaired) electrons. The minimum atomic E-state index is -1.09. The number of aliphatic hydroxyl groups is 1. The molecule has 0 spiro atoms. The Labute approximate surface area is 155 Å². The maximum Gasteiger partial charge on any atom is 0.547 e. The number of carbonyl (C=O) groups is 1. The Hall–Kier alpha value is -1.57. The topological polar surface area (TPSA) is 82.0 Å². The van der Waals surface area contributed by atoms with Crippen LogP contribution in [0.15, 0.2) is 18.2 Å². The van der Waals surface area contributed by atoms with Crippen molar-refractivity contribution >= 4 is 13.0 Å². The molecule has 3 rings (SSSR count). The van der Waals surface area contributed by atoms with Crippen molar-refractivity contribution in [2.75, 3.05) is 14.1 Å². The minimum absolute atomic E-state index is 0.0206. The lowest BCUT2D eigenvalue weighted by molar-refractivity contribution is -0.122. The van der Waals surface area contributed by atoms with Gasteiger partial charge in [0.25, 0.3) is 0 Å². The summed E-state index contributed by atoms with van der Waals surface area (Å²) in [5.74, 6) is 0.478. The van der Waals surface area contributed by atoms with Gasteiger partial charge in [0.1, 0.15) is 5.75 Å². The molecule has 2 aliphatic rings. The minimum Gasteiger partial charge on any atom is -0.534 e. The van der Waals surface area contributed by atoms with E-state index in [1.165, 1.54) is 0 Å². The van der Waals surface area contributed by atoms with Crippen molar-refractivity contribution in [3.63, 3.8) is 0 Å². The van der Waals surface area contributed by atoms with E-state index >= 15 is 0 Å². The number of fused-ring (bicyclic) bond motifs is 1. The molecule has 3 N–H and O–H groups in total. The van der Waals surface area contributed by atoms with E-state index < -0.39 is 13.1 Å². The summed E-state index contributed by atoms with van der Waals surface area (Å²) in [6, 6.07) is 6.16. The highest BCUT2D eigenvalue weighted by atomic mass is 16.5. The first-order valence-electron chi connectivity index (χ1n) is 9.50. The molecule has 6 nitrogen and oxygen atoms in total. The quantitative estimate of drug-likeness (QED) is 0.686. The predicted molar refractivity (Wildman–Crippen MR) is 101 cm³/mol. The summed E-state index contributed by atoms with van der Waals surface area (Å²) in [4.78, 5) is 14.7. The largest absolute Gasteiger partial charge is 0.547 e. The molecule has 1 saturated carbocycles. The first-order chi connectivity index (χ1) is 12.5. The molecule has 142 valence electrons. The van der Waals surface area contributed by atoms with Gasteiger partial charge in [0.15, 0.2) is 0 Å². The van der Waals surface area contributed by atoms with Crippen LogP contribution in [0.3, 0.4) is 0 Å². The number of nitrogens with zero attached hydrogens (tertiary/aromatic N) is 1. The van der Waals surface area contributed by atoms with Crippen LogP contribution in [0.2, 0.25) is 0 Å². The van der Waals surface area contributed by atoms with Gasteiger partial charge in [0.2, 0.25) is 5.91 Å². The van der Waals surface area contributed by atoms with Gasteiger partial charge in [-0.05, 0) is 57.7 Å². The van der Waals surface area contributed by atoms with Crippen LogP contribution in [0.5, 0.6) is 5.75 Å². The highest BCUT2D eigenvalue weighted by molar-refractivity contribution is 6.46. The molecule has 1 aliphatic heterocycles. The second kappa shape index (κ2) is 8.42. The number of carbonyl (C=O) groups excluding carboxylic acids is 1. The number of aliphatic hydroxyl groups excluding tert-OH is 1. The summed E-state index contributed by atoms with van der Waals surface area (Å²) in [6.45, 7) is -0.136. The van der Waals surface area contributed by atoms with Gasteiger partial charge in [-0.1, -0.05) is 18.2 Å². The van der Waals surface area contributed by atoms with Crippen molar-refractivity contribution in [2.45, 2.75) is 57.1 Å². The smallest absolute Gasteiger partial charge is 0.534 e. The number of rotatable bonds is 5. The third-order valence-corrected chi connectivity index (χ3v) is 5.74. The molecule has 0 unspecified atom stereocenters. The third kappa shape index (κ3) is 4.39. The zero-order chi connectivity index (χ0) is 18.7. The molecule has 1 amide bonds. The zero-order valence-electron chi connectivity index (χ0n) is 15.6. The van der Waals surface area contributed by atoms with Crippen LogP contribution in [-0.2, 0) is 17.8 Å². The fraction of sp³-hybridized carbons (Fsp3) is 0.632. The van der Waals surface area contributed by atoms with Crippen LogP contribution in [0, 0.1) is 5.92 Å². The molecule has 26 heavy (non-hydrogen) atoms. The highest BCUT2D eigenvalue weighted by Crippen LogP contribution is 2.31. The molecule has 7 heteroatoms. The van der Waals surface area contributed by atoms with Gasteiger partial charge >= 0.3 is 7.12 Å². The van der Waals surface area contributed by atoms with Gasteiger partial charge in [0, 0.05) is 18.0 Å². The maximum absolute atomic E-state index is 12.4. The normalized spacial score (nSPS) is 25.6. The van der Waals surface area contributed by atoms with Gasteiger partial charge in [0.05, 0.1) is 12.5 Å². The molecular formula is C19H29BN2O4. The molecule has 1 heterocycles. The number of nitrogens with one attached hydrogen (secondary N) is 1. The number of para-hydroxylation sites is 1. The number of hydrogen-bond acceptors (Lipinski definition) is 5. The Balaban J connectivity index is 1.53. The molecule has 0 saturated heterocycles. The molecule has 1 aromatic rings. The molecule has 0 bridgehead atoms. The second-order valence-electron chi connectivity index (χ2n) is 7.79. The molecule has 1 atom stereocenters. The first kappa shape index (κ1) is 19.2. The van der Waals surface area contributed by atoms with Crippen molar-refractivity contribution in [2.24, 2.45) is 5.92 Å². The fourth-order valence-corrected chi connectivity index (χ4v) is 4.13. The van der Waals surface area contributed by atoms with E-state index in [9.17, 15) is 14.9 Å². The fourth-order valence-electron chi connectivity index (χ4n) is 4.13. The van der Waals surface area contributed by atoms with Gasteiger partial charge in [-0.2, -0.15) is 0 Å². The SMILES string of the molecule is CN(C)[C@H]1CC[C@H](CC(=O)N[C@H]2Cc3cccc(CO)c3OB2O)CC1. The van der Waals surface area contributed by atoms with Crippen LogP contribution >= 0.6 is 0 Å². The zero-order valence-corrected chi connectivity index (χ0v) is 15.6. The Morgan fingerprint density at radius 3 is 2.69 bits per heavy atom. The maximum atomic E-state index is 12.4. The van der Waals surface area contributed by atoms with Crippen molar-refractivity contribution in [1.82, 2.24) is 10.2 Å². The Bertz CT molecular complexity index is 632. The van der Waals surface area contributed by atoms with Crippen LogP contribution in [0.4, 0.5) is 0 Å². The van der Waals surface area contributed by atoms with E-state index in [1.54, 1.807) is 6.07 Å². The van der Waals surface area contributed by atoms with Crippen LogP contribution in [-0.4, -0.2) is 54.1 Å². The standard InChI is InChI=1S/C19H29BN2O4/c1-22(2)16-8-6-13(7-9-16)10-18(24)21-17-11-14-4-3-5-15(12-23)19(14)26-20(17)25/h3-5,13,16-17,23,25H,6-12H2,1-2H3,(H,21,24)/t13-,16-,17-/m0/s1. The summed E-state index contributed by atoms with van der Waals surface area (Å²) in [5, 5.41) is 22.6. The molecule has 1 fully saturated rings.